The van der Waals surface area contributed by atoms with Crippen LogP contribution >= 0.6 is 0 Å². The molecule has 70 valence electrons. The number of rotatable bonds is 6. The molecule has 0 aromatic heterocycles. The fraction of sp³-hybridized carbons (Fsp3) is 0.667. The highest BCUT2D eigenvalue weighted by Gasteiger charge is 2.03. The van der Waals surface area contributed by atoms with Crippen molar-refractivity contribution in [3.05, 3.63) is 0 Å². The number of aliphatic carboxylic acids is 2. The quantitative estimate of drug-likeness (QED) is 0.449. The van der Waals surface area contributed by atoms with Gasteiger partial charge in [-0.05, 0) is 0 Å². The van der Waals surface area contributed by atoms with E-state index < -0.39 is 11.9 Å². The maximum atomic E-state index is 10.1. The molecule has 0 aromatic carbocycles. The Labute approximate surface area is 69.8 Å². The molecule has 6 heteroatoms. The Morgan fingerprint density at radius 2 is 1.92 bits per heavy atom. The molecule has 0 atom stereocenters. The average Bonchev–Trinajstić information content (AvgIpc) is 1.84. The van der Waals surface area contributed by atoms with Gasteiger partial charge in [-0.25, -0.2) is 5.01 Å². The molecule has 6 nitrogen and oxygen atoms in total. The van der Waals surface area contributed by atoms with Gasteiger partial charge in [0.2, 0.25) is 0 Å². The van der Waals surface area contributed by atoms with Gasteiger partial charge >= 0.3 is 11.9 Å². The fourth-order valence-electron chi connectivity index (χ4n) is 0.612. The van der Waals surface area contributed by atoms with E-state index in [4.69, 9.17) is 10.2 Å². The second-order valence-electron chi connectivity index (χ2n) is 2.30. The van der Waals surface area contributed by atoms with Crippen LogP contribution in [0, 0.1) is 0 Å². The molecule has 0 bridgehead atoms. The van der Waals surface area contributed by atoms with Crippen molar-refractivity contribution in [3.63, 3.8) is 0 Å². The monoisotopic (exact) mass is 176 g/mol. The van der Waals surface area contributed by atoms with Crippen molar-refractivity contribution in [3.8, 4) is 0 Å². The highest BCUT2D eigenvalue weighted by atomic mass is 16.4. The molecule has 0 amide bonds. The molecule has 0 aliphatic rings. The van der Waals surface area contributed by atoms with Gasteiger partial charge in [-0.3, -0.25) is 15.0 Å². The molecule has 0 fully saturated rings. The predicted octanol–water partition coefficient (Wildman–Crippen LogP) is -1.02. The lowest BCUT2D eigenvalue weighted by Crippen LogP contribution is -2.39. The largest absolute Gasteiger partial charge is 0.481 e. The molecule has 0 heterocycles. The molecule has 0 aliphatic carbocycles. The topological polar surface area (TPSA) is 89.9 Å². The maximum absolute atomic E-state index is 10.1. The molecule has 0 spiro atoms. The SMILES string of the molecule is CN(CC(=O)O)NCCC(=O)O. The summed E-state index contributed by atoms with van der Waals surface area (Å²) >= 11 is 0. The van der Waals surface area contributed by atoms with E-state index in [1.807, 2.05) is 0 Å². The first kappa shape index (κ1) is 10.9. The summed E-state index contributed by atoms with van der Waals surface area (Å²) in [4.78, 5) is 20.1. The average molecular weight is 176 g/mol. The number of nitrogens with zero attached hydrogens (tertiary/aromatic N) is 1. The highest BCUT2D eigenvalue weighted by Crippen LogP contribution is 1.79. The molecule has 0 aliphatic heterocycles. The van der Waals surface area contributed by atoms with E-state index in [1.54, 1.807) is 0 Å². The van der Waals surface area contributed by atoms with Crippen molar-refractivity contribution in [2.75, 3.05) is 20.1 Å². The van der Waals surface area contributed by atoms with E-state index in [1.165, 1.54) is 12.1 Å². The third-order valence-corrected chi connectivity index (χ3v) is 1.09. The van der Waals surface area contributed by atoms with Crippen molar-refractivity contribution in [1.29, 1.82) is 0 Å². The van der Waals surface area contributed by atoms with Crippen LogP contribution in [-0.4, -0.2) is 47.3 Å². The number of hydrogen-bond acceptors (Lipinski definition) is 4. The zero-order valence-corrected chi connectivity index (χ0v) is 6.78. The third kappa shape index (κ3) is 6.97. The smallest absolute Gasteiger partial charge is 0.319 e. The molecule has 0 saturated carbocycles. The zero-order valence-electron chi connectivity index (χ0n) is 6.78. The second kappa shape index (κ2) is 5.50. The summed E-state index contributed by atoms with van der Waals surface area (Å²) in [7, 11) is 1.54. The van der Waals surface area contributed by atoms with Crippen LogP contribution in [0.1, 0.15) is 6.42 Å². The summed E-state index contributed by atoms with van der Waals surface area (Å²) in [5.74, 6) is -1.87. The number of likely N-dealkylation sites (N-methyl/N-ethyl adjacent to an activating group) is 1. The Kier molecular flexibility index (Phi) is 4.98. The van der Waals surface area contributed by atoms with Crippen LogP contribution in [0.3, 0.4) is 0 Å². The Morgan fingerprint density at radius 1 is 1.33 bits per heavy atom. The van der Waals surface area contributed by atoms with E-state index in [0.29, 0.717) is 0 Å². The van der Waals surface area contributed by atoms with E-state index in [0.717, 1.165) is 0 Å². The van der Waals surface area contributed by atoms with Crippen molar-refractivity contribution in [1.82, 2.24) is 10.4 Å². The number of carboxylic acids is 2. The lowest BCUT2D eigenvalue weighted by atomic mass is 10.4. The first-order chi connectivity index (χ1) is 5.52. The van der Waals surface area contributed by atoms with Crippen LogP contribution in [0.2, 0.25) is 0 Å². The molecular weight excluding hydrogens is 164 g/mol. The van der Waals surface area contributed by atoms with Gasteiger partial charge in [-0.1, -0.05) is 0 Å². The van der Waals surface area contributed by atoms with Crippen LogP contribution in [-0.2, 0) is 9.59 Å². The van der Waals surface area contributed by atoms with Gasteiger partial charge in [0.25, 0.3) is 0 Å². The van der Waals surface area contributed by atoms with Crippen molar-refractivity contribution >= 4 is 11.9 Å². The van der Waals surface area contributed by atoms with Crippen molar-refractivity contribution < 1.29 is 19.8 Å². The summed E-state index contributed by atoms with van der Waals surface area (Å²) in [5, 5.41) is 17.9. The van der Waals surface area contributed by atoms with E-state index in [9.17, 15) is 9.59 Å². The van der Waals surface area contributed by atoms with Crippen LogP contribution < -0.4 is 5.43 Å². The summed E-state index contributed by atoms with van der Waals surface area (Å²) < 4.78 is 0. The predicted molar refractivity (Wildman–Crippen MR) is 40.5 cm³/mol. The van der Waals surface area contributed by atoms with Gasteiger partial charge in [0, 0.05) is 13.6 Å². The molecule has 3 N–H and O–H groups in total. The van der Waals surface area contributed by atoms with Crippen molar-refractivity contribution in [2.24, 2.45) is 0 Å². The molecule has 0 unspecified atom stereocenters. The summed E-state index contributed by atoms with van der Waals surface area (Å²) in [6.07, 6.45) is -0.0239. The van der Waals surface area contributed by atoms with E-state index in [2.05, 4.69) is 5.43 Å². The Hall–Kier alpha value is -1.14. The maximum Gasteiger partial charge on any atom is 0.319 e. The molecular formula is C6H12N2O4. The number of carboxylic acid groups (broad SMARTS) is 2. The molecule has 12 heavy (non-hydrogen) atoms. The standard InChI is InChI=1S/C6H12N2O4/c1-8(4-6(11)12)7-3-2-5(9)10/h7H,2-4H2,1H3,(H,9,10)(H,11,12). The highest BCUT2D eigenvalue weighted by molar-refractivity contribution is 5.69. The van der Waals surface area contributed by atoms with Gasteiger partial charge in [0.05, 0.1) is 6.42 Å². The third-order valence-electron chi connectivity index (χ3n) is 1.09. The lowest BCUT2D eigenvalue weighted by molar-refractivity contribution is -0.138. The molecule has 0 radical (unpaired) electrons. The van der Waals surface area contributed by atoms with Gasteiger partial charge in [-0.15, -0.1) is 0 Å². The molecule has 0 saturated heterocycles. The van der Waals surface area contributed by atoms with Crippen LogP contribution in [0.25, 0.3) is 0 Å². The summed E-state index contributed by atoms with van der Waals surface area (Å²) in [6, 6.07) is 0. The lowest BCUT2D eigenvalue weighted by Gasteiger charge is -2.14. The number of hydrazine groups is 1. The minimum Gasteiger partial charge on any atom is -0.481 e. The summed E-state index contributed by atoms with van der Waals surface area (Å²) in [6.45, 7) is 0.0821. The fourth-order valence-corrected chi connectivity index (χ4v) is 0.612. The minimum absolute atomic E-state index is 0.0239. The van der Waals surface area contributed by atoms with Crippen LogP contribution in [0.15, 0.2) is 0 Å². The minimum atomic E-state index is -0.958. The van der Waals surface area contributed by atoms with E-state index >= 15 is 0 Å². The number of nitrogens with one attached hydrogen (secondary N) is 1. The zero-order chi connectivity index (χ0) is 9.56. The first-order valence-electron chi connectivity index (χ1n) is 3.40. The number of carbonyl (C=O) groups is 2. The summed E-state index contributed by atoms with van der Waals surface area (Å²) in [5.41, 5.74) is 2.62. The van der Waals surface area contributed by atoms with Gasteiger partial charge in [0.1, 0.15) is 6.54 Å². The number of hydrogen-bond donors (Lipinski definition) is 3. The first-order valence-corrected chi connectivity index (χ1v) is 3.40. The molecule has 0 rings (SSSR count). The van der Waals surface area contributed by atoms with Gasteiger partial charge in [-0.2, -0.15) is 0 Å². The second-order valence-corrected chi connectivity index (χ2v) is 2.30. The van der Waals surface area contributed by atoms with Crippen molar-refractivity contribution in [2.45, 2.75) is 6.42 Å². The molecule has 0 aromatic rings. The Morgan fingerprint density at radius 3 is 2.33 bits per heavy atom. The van der Waals surface area contributed by atoms with Gasteiger partial charge in [0.15, 0.2) is 0 Å². The Bertz CT molecular complexity index is 171. The van der Waals surface area contributed by atoms with Crippen LogP contribution in [0.4, 0.5) is 0 Å². The van der Waals surface area contributed by atoms with Gasteiger partial charge < -0.3 is 10.2 Å². The normalized spacial score (nSPS) is 10.2. The van der Waals surface area contributed by atoms with E-state index in [-0.39, 0.29) is 19.5 Å². The van der Waals surface area contributed by atoms with Crippen LogP contribution in [0.5, 0.6) is 0 Å². The Balaban J connectivity index is 3.37.